The van der Waals surface area contributed by atoms with E-state index in [0.717, 1.165) is 36.0 Å². The van der Waals surface area contributed by atoms with E-state index in [4.69, 9.17) is 0 Å². The maximum atomic E-state index is 13.1. The standard InChI is InChI=1S/C16H17F5N2OS2/c1-9-4-10(2)12(26-8-15(3,17)18)5-11(9)22-14-23(7-16(19,20)21)13(24)6-25-14/h4-5H,6-8H2,1-3H3/b22-14-. The number of carbonyl (C=O) groups excluding carboxylic acids is 1. The zero-order valence-electron chi connectivity index (χ0n) is 14.3. The summed E-state index contributed by atoms with van der Waals surface area (Å²) in [5, 5.41) is -0.0314. The van der Waals surface area contributed by atoms with Gasteiger partial charge >= 0.3 is 6.18 Å². The number of aliphatic imine (C=N–C) groups is 1. The van der Waals surface area contributed by atoms with E-state index in [2.05, 4.69) is 4.99 Å². The maximum absolute atomic E-state index is 13.1. The molecular weight excluding hydrogens is 395 g/mol. The number of alkyl halides is 5. The third kappa shape index (κ3) is 5.87. The van der Waals surface area contributed by atoms with Gasteiger partial charge in [0.1, 0.15) is 6.54 Å². The van der Waals surface area contributed by atoms with Crippen molar-refractivity contribution >= 4 is 40.3 Å². The fourth-order valence-electron chi connectivity index (χ4n) is 2.22. The van der Waals surface area contributed by atoms with E-state index in [0.29, 0.717) is 21.0 Å². The first-order valence-electron chi connectivity index (χ1n) is 7.56. The number of benzene rings is 1. The Labute approximate surface area is 156 Å². The predicted octanol–water partition coefficient (Wildman–Crippen LogP) is 5.18. The lowest BCUT2D eigenvalue weighted by atomic mass is 10.1. The van der Waals surface area contributed by atoms with Gasteiger partial charge in [0.05, 0.1) is 17.2 Å². The maximum Gasteiger partial charge on any atom is 0.406 e. The molecule has 0 atom stereocenters. The number of amidine groups is 1. The van der Waals surface area contributed by atoms with Crippen LogP contribution in [0.2, 0.25) is 0 Å². The van der Waals surface area contributed by atoms with Crippen molar-refractivity contribution in [3.63, 3.8) is 0 Å². The quantitative estimate of drug-likeness (QED) is 0.494. The van der Waals surface area contributed by atoms with Crippen LogP contribution in [0.4, 0.5) is 27.6 Å². The summed E-state index contributed by atoms with van der Waals surface area (Å²) in [5.41, 5.74) is 1.83. The molecule has 0 saturated carbocycles. The van der Waals surface area contributed by atoms with E-state index in [1.807, 2.05) is 0 Å². The summed E-state index contributed by atoms with van der Waals surface area (Å²) in [6.07, 6.45) is -4.53. The molecule has 0 radical (unpaired) electrons. The molecule has 1 aromatic rings. The highest BCUT2D eigenvalue weighted by atomic mass is 32.2. The van der Waals surface area contributed by atoms with E-state index in [1.54, 1.807) is 26.0 Å². The highest BCUT2D eigenvalue weighted by Gasteiger charge is 2.38. The van der Waals surface area contributed by atoms with Gasteiger partial charge in [0, 0.05) is 11.8 Å². The fraction of sp³-hybridized carbons (Fsp3) is 0.500. The van der Waals surface area contributed by atoms with Crippen molar-refractivity contribution in [3.05, 3.63) is 23.3 Å². The highest BCUT2D eigenvalue weighted by Crippen LogP contribution is 2.35. The van der Waals surface area contributed by atoms with Crippen LogP contribution in [0, 0.1) is 13.8 Å². The second-order valence-electron chi connectivity index (χ2n) is 6.04. The molecule has 1 aliphatic heterocycles. The predicted molar refractivity (Wildman–Crippen MR) is 94.6 cm³/mol. The Morgan fingerprint density at radius 2 is 1.85 bits per heavy atom. The molecule has 1 heterocycles. The summed E-state index contributed by atoms with van der Waals surface area (Å²) in [7, 11) is 0. The molecule has 0 unspecified atom stereocenters. The smallest absolute Gasteiger partial charge is 0.281 e. The summed E-state index contributed by atoms with van der Waals surface area (Å²) >= 11 is 1.89. The van der Waals surface area contributed by atoms with Crippen molar-refractivity contribution in [1.82, 2.24) is 4.90 Å². The molecule has 0 bridgehead atoms. The Kier molecular flexibility index (Phi) is 6.27. The minimum absolute atomic E-state index is 0.0314. The largest absolute Gasteiger partial charge is 0.406 e. The number of hydrogen-bond donors (Lipinski definition) is 0. The summed E-state index contributed by atoms with van der Waals surface area (Å²) in [5.74, 6) is -4.02. The van der Waals surface area contributed by atoms with Gasteiger partial charge in [-0.3, -0.25) is 9.69 Å². The molecular formula is C16H17F5N2OS2. The molecule has 0 N–H and O–H groups in total. The van der Waals surface area contributed by atoms with Gasteiger partial charge < -0.3 is 0 Å². The highest BCUT2D eigenvalue weighted by molar-refractivity contribution is 8.15. The molecule has 0 spiro atoms. The van der Waals surface area contributed by atoms with Crippen molar-refractivity contribution in [2.24, 2.45) is 4.99 Å². The molecule has 0 aliphatic carbocycles. The van der Waals surface area contributed by atoms with Crippen LogP contribution in [-0.4, -0.2) is 46.1 Å². The summed E-state index contributed by atoms with van der Waals surface area (Å²) in [4.78, 5) is 17.1. The van der Waals surface area contributed by atoms with E-state index < -0.39 is 30.3 Å². The molecule has 1 aliphatic rings. The van der Waals surface area contributed by atoms with Crippen LogP contribution in [0.25, 0.3) is 0 Å². The Bertz CT molecular complexity index is 729. The second-order valence-corrected chi connectivity index (χ2v) is 8.00. The van der Waals surface area contributed by atoms with E-state index in [9.17, 15) is 26.7 Å². The first-order valence-corrected chi connectivity index (χ1v) is 9.53. The van der Waals surface area contributed by atoms with Crippen molar-refractivity contribution in [3.8, 4) is 0 Å². The number of thioether (sulfide) groups is 2. The van der Waals surface area contributed by atoms with Gasteiger partial charge in [0.25, 0.3) is 5.92 Å². The molecule has 2 rings (SSSR count). The number of rotatable bonds is 5. The zero-order valence-corrected chi connectivity index (χ0v) is 15.9. The molecule has 1 fully saturated rings. The minimum atomic E-state index is -4.53. The van der Waals surface area contributed by atoms with E-state index in [-0.39, 0.29) is 10.9 Å². The van der Waals surface area contributed by atoms with E-state index >= 15 is 0 Å². The fourth-order valence-corrected chi connectivity index (χ4v) is 4.01. The molecule has 3 nitrogen and oxygen atoms in total. The molecule has 1 amide bonds. The number of amides is 1. The lowest BCUT2D eigenvalue weighted by Gasteiger charge is -2.18. The molecule has 10 heteroatoms. The van der Waals surface area contributed by atoms with Gasteiger partial charge in [0.2, 0.25) is 5.91 Å². The molecule has 26 heavy (non-hydrogen) atoms. The van der Waals surface area contributed by atoms with Crippen molar-refractivity contribution in [2.75, 3.05) is 18.1 Å². The van der Waals surface area contributed by atoms with Crippen LogP contribution in [0.15, 0.2) is 22.0 Å². The first-order chi connectivity index (χ1) is 11.9. The van der Waals surface area contributed by atoms with Gasteiger partial charge in [-0.05, 0) is 31.0 Å². The minimum Gasteiger partial charge on any atom is -0.281 e. The van der Waals surface area contributed by atoms with Crippen LogP contribution in [0.5, 0.6) is 0 Å². The topological polar surface area (TPSA) is 32.7 Å². The average molecular weight is 412 g/mol. The van der Waals surface area contributed by atoms with Crippen LogP contribution >= 0.6 is 23.5 Å². The lowest BCUT2D eigenvalue weighted by molar-refractivity contribution is -0.150. The monoisotopic (exact) mass is 412 g/mol. The van der Waals surface area contributed by atoms with Gasteiger partial charge in [-0.1, -0.05) is 17.8 Å². The first kappa shape index (κ1) is 21.0. The number of nitrogens with zero attached hydrogens (tertiary/aromatic N) is 2. The number of aryl methyl sites for hydroxylation is 2. The number of hydrogen-bond acceptors (Lipinski definition) is 4. The Hall–Kier alpha value is -1.29. The van der Waals surface area contributed by atoms with E-state index in [1.165, 1.54) is 0 Å². The SMILES string of the molecule is Cc1cc(C)c(SCC(C)(F)F)cc1/N=C1\SCC(=O)N1CC(F)(F)F. The van der Waals surface area contributed by atoms with Gasteiger partial charge in [0.15, 0.2) is 5.17 Å². The summed E-state index contributed by atoms with van der Waals surface area (Å²) < 4.78 is 64.2. The zero-order chi connectivity index (χ0) is 19.7. The van der Waals surface area contributed by atoms with Crippen LogP contribution in [-0.2, 0) is 4.79 Å². The van der Waals surface area contributed by atoms with Crippen molar-refractivity contribution in [2.45, 2.75) is 37.8 Å². The van der Waals surface area contributed by atoms with Gasteiger partial charge in [-0.15, -0.1) is 11.8 Å². The number of carbonyl (C=O) groups is 1. The third-order valence-corrected chi connectivity index (χ3v) is 5.75. The second kappa shape index (κ2) is 7.75. The van der Waals surface area contributed by atoms with Crippen LogP contribution < -0.4 is 0 Å². The van der Waals surface area contributed by atoms with Gasteiger partial charge in [-0.25, -0.2) is 13.8 Å². The average Bonchev–Trinajstić information content (AvgIpc) is 2.79. The van der Waals surface area contributed by atoms with Gasteiger partial charge in [-0.2, -0.15) is 13.2 Å². The van der Waals surface area contributed by atoms with Crippen LogP contribution in [0.1, 0.15) is 18.1 Å². The normalized spacial score (nSPS) is 17.5. The summed E-state index contributed by atoms with van der Waals surface area (Å²) in [6.45, 7) is 2.92. The Balaban J connectivity index is 2.32. The Morgan fingerprint density at radius 1 is 1.19 bits per heavy atom. The molecule has 1 saturated heterocycles. The van der Waals surface area contributed by atoms with Crippen molar-refractivity contribution in [1.29, 1.82) is 0 Å². The molecule has 144 valence electrons. The summed E-state index contributed by atoms with van der Waals surface area (Å²) in [6, 6.07) is 3.31. The molecule has 0 aromatic heterocycles. The number of halogens is 5. The lowest BCUT2D eigenvalue weighted by Crippen LogP contribution is -2.38. The van der Waals surface area contributed by atoms with Crippen molar-refractivity contribution < 1.29 is 26.7 Å². The molecule has 1 aromatic carbocycles. The third-order valence-electron chi connectivity index (χ3n) is 3.38. The van der Waals surface area contributed by atoms with Crippen LogP contribution in [0.3, 0.4) is 0 Å². The Morgan fingerprint density at radius 3 is 2.42 bits per heavy atom.